The van der Waals surface area contributed by atoms with Crippen LogP contribution >= 0.6 is 0 Å². The number of hydrogen-bond acceptors (Lipinski definition) is 3. The van der Waals surface area contributed by atoms with Crippen LogP contribution < -0.4 is 0 Å². The molecule has 0 radical (unpaired) electrons. The van der Waals surface area contributed by atoms with Gasteiger partial charge in [-0.2, -0.15) is 8.42 Å². The Morgan fingerprint density at radius 3 is 2.27 bits per heavy atom. The van der Waals surface area contributed by atoms with Gasteiger partial charge in [-0.3, -0.25) is 9.35 Å². The molecule has 0 aromatic carbocycles. The van der Waals surface area contributed by atoms with Gasteiger partial charge in [-0.15, -0.1) is 0 Å². The summed E-state index contributed by atoms with van der Waals surface area (Å²) in [7, 11) is -4.01. The summed E-state index contributed by atoms with van der Waals surface area (Å²) < 4.78 is 28.5. The fraction of sp³-hybridized carbons (Fsp3) is 0.500. The normalized spacial score (nSPS) is 11.1. The number of carbonyl (C=O) groups excluding carboxylic acids is 1. The standard InChI is InChI=1S/C6H10O4S/c1-5(2)6(7)3-4-11(8,9)10/h1,3-4H2,2H3,(H,8,9,10). The molecule has 0 spiro atoms. The van der Waals surface area contributed by atoms with Crippen LogP contribution in [0.1, 0.15) is 13.3 Å². The van der Waals surface area contributed by atoms with Crippen molar-refractivity contribution < 1.29 is 17.8 Å². The van der Waals surface area contributed by atoms with Gasteiger partial charge >= 0.3 is 0 Å². The molecule has 0 fully saturated rings. The smallest absolute Gasteiger partial charge is 0.265 e. The largest absolute Gasteiger partial charge is 0.295 e. The highest BCUT2D eigenvalue weighted by Crippen LogP contribution is 1.97. The van der Waals surface area contributed by atoms with Crippen LogP contribution in [0.25, 0.3) is 0 Å². The van der Waals surface area contributed by atoms with Gasteiger partial charge in [0.05, 0.1) is 5.75 Å². The molecule has 5 heteroatoms. The Labute approximate surface area is 65.7 Å². The summed E-state index contributed by atoms with van der Waals surface area (Å²) in [5.41, 5.74) is 0.300. The molecule has 0 saturated carbocycles. The van der Waals surface area contributed by atoms with E-state index < -0.39 is 15.9 Å². The van der Waals surface area contributed by atoms with Crippen molar-refractivity contribution in [2.75, 3.05) is 5.75 Å². The molecule has 0 saturated heterocycles. The van der Waals surface area contributed by atoms with E-state index in [-0.39, 0.29) is 12.2 Å². The lowest BCUT2D eigenvalue weighted by Gasteiger charge is -1.95. The van der Waals surface area contributed by atoms with Crippen LogP contribution in [0.4, 0.5) is 0 Å². The molecule has 0 rings (SSSR count). The van der Waals surface area contributed by atoms with E-state index >= 15 is 0 Å². The molecule has 0 aliphatic heterocycles. The lowest BCUT2D eigenvalue weighted by molar-refractivity contribution is -0.115. The van der Waals surface area contributed by atoms with Gasteiger partial charge in [-0.05, 0) is 12.5 Å². The predicted octanol–water partition coefficient (Wildman–Crippen LogP) is 0.410. The van der Waals surface area contributed by atoms with Gasteiger partial charge in [-0.1, -0.05) is 6.58 Å². The zero-order valence-corrected chi connectivity index (χ0v) is 7.02. The van der Waals surface area contributed by atoms with Crippen LogP contribution in [0.2, 0.25) is 0 Å². The first-order valence-electron chi connectivity index (χ1n) is 2.97. The molecule has 4 nitrogen and oxygen atoms in total. The van der Waals surface area contributed by atoms with Crippen molar-refractivity contribution in [2.45, 2.75) is 13.3 Å². The van der Waals surface area contributed by atoms with Crippen LogP contribution in [-0.4, -0.2) is 24.5 Å². The van der Waals surface area contributed by atoms with Crippen molar-refractivity contribution in [3.05, 3.63) is 12.2 Å². The Morgan fingerprint density at radius 2 is 2.00 bits per heavy atom. The average molecular weight is 178 g/mol. The van der Waals surface area contributed by atoms with E-state index in [1.165, 1.54) is 6.92 Å². The molecular formula is C6H10O4S. The van der Waals surface area contributed by atoms with Gasteiger partial charge in [-0.25, -0.2) is 0 Å². The van der Waals surface area contributed by atoms with Crippen LogP contribution in [0.5, 0.6) is 0 Å². The average Bonchev–Trinajstić information content (AvgIpc) is 1.80. The van der Waals surface area contributed by atoms with Gasteiger partial charge in [0.25, 0.3) is 10.1 Å². The first kappa shape index (κ1) is 10.3. The molecular weight excluding hydrogens is 168 g/mol. The number of carbonyl (C=O) groups is 1. The summed E-state index contributed by atoms with van der Waals surface area (Å²) in [5, 5.41) is 0. The van der Waals surface area contributed by atoms with E-state index in [1.807, 2.05) is 0 Å². The van der Waals surface area contributed by atoms with Gasteiger partial charge < -0.3 is 0 Å². The Bertz CT molecular complexity index is 262. The maximum absolute atomic E-state index is 10.7. The minimum atomic E-state index is -4.01. The Balaban J connectivity index is 3.92. The lowest BCUT2D eigenvalue weighted by atomic mass is 10.2. The highest BCUT2D eigenvalue weighted by atomic mass is 32.2. The number of hydrogen-bond donors (Lipinski definition) is 1. The Kier molecular flexibility index (Phi) is 3.41. The van der Waals surface area contributed by atoms with E-state index in [4.69, 9.17) is 4.55 Å². The van der Waals surface area contributed by atoms with E-state index in [0.29, 0.717) is 5.57 Å². The van der Waals surface area contributed by atoms with Crippen molar-refractivity contribution >= 4 is 15.9 Å². The van der Waals surface area contributed by atoms with Gasteiger partial charge in [0.2, 0.25) is 0 Å². The number of rotatable bonds is 4. The first-order valence-corrected chi connectivity index (χ1v) is 4.57. The lowest BCUT2D eigenvalue weighted by Crippen LogP contribution is -2.09. The topological polar surface area (TPSA) is 71.4 Å². The second-order valence-corrected chi connectivity index (χ2v) is 3.81. The number of Topliss-reactive ketones (excluding diaryl/α,β-unsaturated/α-hetero) is 1. The summed E-state index contributed by atoms with van der Waals surface area (Å²) in [6, 6.07) is 0. The maximum Gasteiger partial charge on any atom is 0.265 e. The molecule has 0 aromatic rings. The summed E-state index contributed by atoms with van der Waals surface area (Å²) in [6.45, 7) is 4.82. The number of allylic oxidation sites excluding steroid dienone is 1. The van der Waals surface area contributed by atoms with E-state index in [0.717, 1.165) is 0 Å². The second-order valence-electron chi connectivity index (χ2n) is 2.24. The van der Waals surface area contributed by atoms with Crippen LogP contribution in [0.15, 0.2) is 12.2 Å². The predicted molar refractivity (Wildman–Crippen MR) is 40.9 cm³/mol. The summed E-state index contributed by atoms with van der Waals surface area (Å²) >= 11 is 0. The molecule has 0 atom stereocenters. The maximum atomic E-state index is 10.7. The highest BCUT2D eigenvalue weighted by Gasteiger charge is 2.09. The molecule has 0 bridgehead atoms. The third-order valence-corrected chi connectivity index (χ3v) is 1.78. The third kappa shape index (κ3) is 5.75. The molecule has 0 heterocycles. The summed E-state index contributed by atoms with van der Waals surface area (Å²) in [6.07, 6.45) is -0.200. The molecule has 0 amide bonds. The SMILES string of the molecule is C=C(C)C(=O)CCS(=O)(=O)O. The fourth-order valence-electron chi connectivity index (χ4n) is 0.435. The first-order chi connectivity index (χ1) is 4.83. The zero-order valence-electron chi connectivity index (χ0n) is 6.20. The zero-order chi connectivity index (χ0) is 9.07. The van der Waals surface area contributed by atoms with Crippen LogP contribution in [0.3, 0.4) is 0 Å². The highest BCUT2D eigenvalue weighted by molar-refractivity contribution is 7.85. The van der Waals surface area contributed by atoms with E-state index in [2.05, 4.69) is 6.58 Å². The molecule has 0 aliphatic rings. The van der Waals surface area contributed by atoms with Crippen molar-refractivity contribution in [3.63, 3.8) is 0 Å². The molecule has 64 valence electrons. The molecule has 1 N–H and O–H groups in total. The summed E-state index contributed by atoms with van der Waals surface area (Å²) in [4.78, 5) is 10.7. The fourth-order valence-corrected chi connectivity index (χ4v) is 0.878. The van der Waals surface area contributed by atoms with E-state index in [1.54, 1.807) is 0 Å². The van der Waals surface area contributed by atoms with Gasteiger partial charge in [0.15, 0.2) is 5.78 Å². The van der Waals surface area contributed by atoms with Crippen molar-refractivity contribution in [2.24, 2.45) is 0 Å². The minimum absolute atomic E-state index is 0.200. The third-order valence-electron chi connectivity index (χ3n) is 1.06. The second kappa shape index (κ2) is 3.64. The number of ketones is 1. The van der Waals surface area contributed by atoms with Crippen LogP contribution in [0, 0.1) is 0 Å². The van der Waals surface area contributed by atoms with Crippen LogP contribution in [-0.2, 0) is 14.9 Å². The van der Waals surface area contributed by atoms with E-state index in [9.17, 15) is 13.2 Å². The monoisotopic (exact) mass is 178 g/mol. The van der Waals surface area contributed by atoms with Crippen molar-refractivity contribution in [1.82, 2.24) is 0 Å². The quantitative estimate of drug-likeness (QED) is 0.500. The minimum Gasteiger partial charge on any atom is -0.295 e. The van der Waals surface area contributed by atoms with Crippen molar-refractivity contribution in [1.29, 1.82) is 0 Å². The molecule has 0 unspecified atom stereocenters. The van der Waals surface area contributed by atoms with Crippen molar-refractivity contribution in [3.8, 4) is 0 Å². The molecule has 0 aliphatic carbocycles. The molecule has 0 aromatic heterocycles. The van der Waals surface area contributed by atoms with Gasteiger partial charge in [0.1, 0.15) is 0 Å². The summed E-state index contributed by atoms with van der Waals surface area (Å²) in [5.74, 6) is -0.874. The van der Waals surface area contributed by atoms with Gasteiger partial charge in [0, 0.05) is 6.42 Å². The Hall–Kier alpha value is -0.680. The Morgan fingerprint density at radius 1 is 1.55 bits per heavy atom. The molecule has 11 heavy (non-hydrogen) atoms.